The number of aliphatic imine (C=N–C) groups is 1. The van der Waals surface area contributed by atoms with Gasteiger partial charge in [-0.3, -0.25) is 4.99 Å². The monoisotopic (exact) mass is 505 g/mol. The number of halogens is 3. The lowest BCUT2D eigenvalue weighted by atomic mass is 10.1. The molecule has 2 aromatic carbocycles. The van der Waals surface area contributed by atoms with Gasteiger partial charge in [-0.15, -0.1) is 24.0 Å². The zero-order valence-corrected chi connectivity index (χ0v) is 18.3. The summed E-state index contributed by atoms with van der Waals surface area (Å²) >= 11 is 0. The fourth-order valence-corrected chi connectivity index (χ4v) is 2.42. The van der Waals surface area contributed by atoms with Crippen molar-refractivity contribution in [1.82, 2.24) is 10.6 Å². The normalized spacial score (nSPS) is 11.1. The average Bonchev–Trinajstić information content (AvgIpc) is 2.68. The molecule has 0 atom stereocenters. The molecular weight excluding hydrogens is 479 g/mol. The van der Waals surface area contributed by atoms with Crippen molar-refractivity contribution in [2.45, 2.75) is 33.2 Å². The number of alkyl halides is 2. The van der Waals surface area contributed by atoms with E-state index in [4.69, 9.17) is 4.74 Å². The second kappa shape index (κ2) is 13.3. The predicted octanol–water partition coefficient (Wildman–Crippen LogP) is 4.31. The summed E-state index contributed by atoms with van der Waals surface area (Å²) in [6, 6.07) is 14.8. The molecule has 0 radical (unpaired) electrons. The van der Waals surface area contributed by atoms with Crippen molar-refractivity contribution in [2.24, 2.45) is 4.99 Å². The molecule has 0 spiro atoms. The Hall–Kier alpha value is -1.94. The molecule has 0 aliphatic rings. The van der Waals surface area contributed by atoms with Crippen LogP contribution in [0, 0.1) is 0 Å². The van der Waals surface area contributed by atoms with Crippen LogP contribution in [0.2, 0.25) is 0 Å². The molecule has 0 saturated carbocycles. The maximum atomic E-state index is 12.5. The van der Waals surface area contributed by atoms with Gasteiger partial charge < -0.3 is 20.1 Å². The van der Waals surface area contributed by atoms with Crippen LogP contribution in [0.25, 0.3) is 0 Å². The van der Waals surface area contributed by atoms with E-state index in [9.17, 15) is 8.78 Å². The van der Waals surface area contributed by atoms with Crippen LogP contribution in [-0.2, 0) is 24.4 Å². The lowest BCUT2D eigenvalue weighted by Crippen LogP contribution is -2.36. The van der Waals surface area contributed by atoms with Crippen LogP contribution in [0.3, 0.4) is 0 Å². The van der Waals surface area contributed by atoms with Gasteiger partial charge in [-0.2, -0.15) is 8.78 Å². The molecule has 28 heavy (non-hydrogen) atoms. The molecule has 0 unspecified atom stereocenters. The Bertz CT molecular complexity index is 728. The van der Waals surface area contributed by atoms with Crippen molar-refractivity contribution in [3.8, 4) is 5.75 Å². The number of hydrogen-bond acceptors (Lipinski definition) is 3. The predicted molar refractivity (Wildman–Crippen MR) is 117 cm³/mol. The maximum absolute atomic E-state index is 12.5. The molecule has 154 valence electrons. The zero-order chi connectivity index (χ0) is 19.5. The highest BCUT2D eigenvalue weighted by atomic mass is 127. The van der Waals surface area contributed by atoms with Gasteiger partial charge in [0.15, 0.2) is 5.96 Å². The molecule has 0 heterocycles. The Kier molecular flexibility index (Phi) is 11.4. The molecule has 8 heteroatoms. The summed E-state index contributed by atoms with van der Waals surface area (Å²) < 4.78 is 34.9. The molecule has 0 aliphatic carbocycles. The summed E-state index contributed by atoms with van der Waals surface area (Å²) in [7, 11) is 1.65. The van der Waals surface area contributed by atoms with Gasteiger partial charge in [0.1, 0.15) is 5.75 Å². The Labute approximate surface area is 181 Å². The van der Waals surface area contributed by atoms with E-state index in [0.29, 0.717) is 37.8 Å². The van der Waals surface area contributed by atoms with Gasteiger partial charge >= 0.3 is 6.61 Å². The molecule has 0 fully saturated rings. The van der Waals surface area contributed by atoms with Crippen LogP contribution >= 0.6 is 24.0 Å². The number of guanidine groups is 1. The van der Waals surface area contributed by atoms with Crippen LogP contribution in [0.4, 0.5) is 8.78 Å². The lowest BCUT2D eigenvalue weighted by Gasteiger charge is -2.14. The van der Waals surface area contributed by atoms with E-state index in [2.05, 4.69) is 20.4 Å². The topological polar surface area (TPSA) is 54.9 Å². The van der Waals surface area contributed by atoms with E-state index < -0.39 is 6.61 Å². The molecular formula is C20H26F2IN3O2. The maximum Gasteiger partial charge on any atom is 0.387 e. The third kappa shape index (κ3) is 8.39. The first kappa shape index (κ1) is 24.1. The van der Waals surface area contributed by atoms with Gasteiger partial charge in [0, 0.05) is 32.3 Å². The first-order chi connectivity index (χ1) is 13.1. The SMILES string of the molecule is CCOCc1ccc(CNC(=NC)NCc2ccccc2OC(F)F)cc1.I. The molecule has 0 amide bonds. The summed E-state index contributed by atoms with van der Waals surface area (Å²) in [5.74, 6) is 0.723. The van der Waals surface area contributed by atoms with Gasteiger partial charge in [0.2, 0.25) is 0 Å². The van der Waals surface area contributed by atoms with Crippen LogP contribution < -0.4 is 15.4 Å². The second-order valence-corrected chi connectivity index (χ2v) is 5.72. The second-order valence-electron chi connectivity index (χ2n) is 5.72. The summed E-state index contributed by atoms with van der Waals surface area (Å²) in [4.78, 5) is 4.15. The van der Waals surface area contributed by atoms with Gasteiger partial charge in [-0.05, 0) is 24.1 Å². The van der Waals surface area contributed by atoms with Crippen molar-refractivity contribution in [3.63, 3.8) is 0 Å². The van der Waals surface area contributed by atoms with Crippen molar-refractivity contribution in [1.29, 1.82) is 0 Å². The van der Waals surface area contributed by atoms with E-state index in [-0.39, 0.29) is 29.7 Å². The third-order valence-corrected chi connectivity index (χ3v) is 3.81. The number of para-hydroxylation sites is 1. The number of nitrogens with zero attached hydrogens (tertiary/aromatic N) is 1. The molecule has 0 aliphatic heterocycles. The summed E-state index contributed by atoms with van der Waals surface area (Å²) in [6.45, 7) is 1.31. The van der Waals surface area contributed by atoms with Crippen LogP contribution in [0.5, 0.6) is 5.75 Å². The standard InChI is InChI=1S/C20H25F2N3O2.HI/c1-3-26-14-16-10-8-15(9-11-16)12-24-20(23-2)25-13-17-6-4-5-7-18(17)27-19(21)22;/h4-11,19H,3,12-14H2,1-2H3,(H2,23,24,25);1H. The van der Waals surface area contributed by atoms with E-state index in [1.54, 1.807) is 25.2 Å². The first-order valence-corrected chi connectivity index (χ1v) is 8.75. The quantitative estimate of drug-likeness (QED) is 0.303. The molecule has 0 aromatic heterocycles. The van der Waals surface area contributed by atoms with Crippen LogP contribution in [0.15, 0.2) is 53.5 Å². The highest BCUT2D eigenvalue weighted by molar-refractivity contribution is 14.0. The van der Waals surface area contributed by atoms with Crippen molar-refractivity contribution < 1.29 is 18.3 Å². The molecule has 2 N–H and O–H groups in total. The molecule has 0 saturated heterocycles. The summed E-state index contributed by atoms with van der Waals surface area (Å²) in [5, 5.41) is 6.30. The zero-order valence-electron chi connectivity index (χ0n) is 16.0. The van der Waals surface area contributed by atoms with Gasteiger partial charge in [-0.25, -0.2) is 0 Å². The Balaban J connectivity index is 0.00000392. The summed E-state index contributed by atoms with van der Waals surface area (Å²) in [5.41, 5.74) is 2.85. The number of nitrogens with one attached hydrogen (secondary N) is 2. The average molecular weight is 505 g/mol. The fourth-order valence-electron chi connectivity index (χ4n) is 2.42. The highest BCUT2D eigenvalue weighted by Crippen LogP contribution is 2.19. The Morgan fingerprint density at radius 2 is 1.64 bits per heavy atom. The molecule has 0 bridgehead atoms. The third-order valence-electron chi connectivity index (χ3n) is 3.81. The number of ether oxygens (including phenoxy) is 2. The van der Waals surface area contributed by atoms with Crippen molar-refractivity contribution >= 4 is 29.9 Å². The van der Waals surface area contributed by atoms with E-state index in [0.717, 1.165) is 11.1 Å². The lowest BCUT2D eigenvalue weighted by molar-refractivity contribution is -0.0504. The summed E-state index contributed by atoms with van der Waals surface area (Å²) in [6.07, 6.45) is 0. The number of rotatable bonds is 9. The number of benzene rings is 2. The Morgan fingerprint density at radius 3 is 2.29 bits per heavy atom. The van der Waals surface area contributed by atoms with Gasteiger partial charge in [-0.1, -0.05) is 42.5 Å². The molecule has 2 rings (SSSR count). The van der Waals surface area contributed by atoms with Gasteiger partial charge in [0.05, 0.1) is 6.61 Å². The van der Waals surface area contributed by atoms with Crippen LogP contribution in [0.1, 0.15) is 23.6 Å². The van der Waals surface area contributed by atoms with Crippen molar-refractivity contribution in [3.05, 3.63) is 65.2 Å². The van der Waals surface area contributed by atoms with E-state index >= 15 is 0 Å². The minimum Gasteiger partial charge on any atom is -0.434 e. The largest absolute Gasteiger partial charge is 0.434 e. The minimum atomic E-state index is -2.85. The molecule has 2 aromatic rings. The van der Waals surface area contributed by atoms with E-state index in [1.165, 1.54) is 6.07 Å². The van der Waals surface area contributed by atoms with E-state index in [1.807, 2.05) is 31.2 Å². The molecule has 5 nitrogen and oxygen atoms in total. The fraction of sp³-hybridized carbons (Fsp3) is 0.350. The van der Waals surface area contributed by atoms with Gasteiger partial charge in [0.25, 0.3) is 0 Å². The smallest absolute Gasteiger partial charge is 0.387 e. The highest BCUT2D eigenvalue weighted by Gasteiger charge is 2.09. The first-order valence-electron chi connectivity index (χ1n) is 8.75. The number of hydrogen-bond donors (Lipinski definition) is 2. The Morgan fingerprint density at radius 1 is 1.00 bits per heavy atom. The van der Waals surface area contributed by atoms with Crippen molar-refractivity contribution in [2.75, 3.05) is 13.7 Å². The van der Waals surface area contributed by atoms with Crippen LogP contribution in [-0.4, -0.2) is 26.2 Å². The minimum absolute atomic E-state index is 0.